The maximum Gasteiger partial charge on any atom is 0.255 e. The molecule has 0 fully saturated rings. The molecule has 0 aliphatic heterocycles. The summed E-state index contributed by atoms with van der Waals surface area (Å²) < 4.78 is 7.87. The molecular formula is C22H20ClNO. The molecule has 25 heavy (non-hydrogen) atoms. The van der Waals surface area contributed by atoms with E-state index >= 15 is 0 Å². The first-order chi connectivity index (χ1) is 11.7. The van der Waals surface area contributed by atoms with E-state index < -0.39 is 0 Å². The van der Waals surface area contributed by atoms with Crippen molar-refractivity contribution in [2.75, 3.05) is 7.11 Å². The molecule has 0 amide bonds. The molecule has 0 saturated heterocycles. The molecular weight excluding hydrogens is 330 g/mol. The molecule has 0 N–H and O–H groups in total. The van der Waals surface area contributed by atoms with Crippen LogP contribution in [0, 0.1) is 6.92 Å². The van der Waals surface area contributed by atoms with Crippen LogP contribution in [0.2, 0.25) is 0 Å². The van der Waals surface area contributed by atoms with Gasteiger partial charge in [0.2, 0.25) is 0 Å². The van der Waals surface area contributed by atoms with Crippen LogP contribution in [-0.2, 0) is 7.05 Å². The fraction of sp³-hybridized carbons (Fsp3) is 0.136. The van der Waals surface area contributed by atoms with Gasteiger partial charge in [0, 0.05) is 10.8 Å². The van der Waals surface area contributed by atoms with E-state index in [0.717, 1.165) is 11.3 Å². The lowest BCUT2D eigenvalue weighted by Gasteiger charge is -2.10. The summed E-state index contributed by atoms with van der Waals surface area (Å²) in [7, 11) is 3.81. The standard InChI is InChI=1S/C22H20NO.ClH/c1-15-8-10-16(11-9-15)18-12-20-19-7-5-4-6-17(19)14-23(2)22(20)21(13-18)24-3;/h4-14H,1-3H3;1H/q+1;/p-1. The lowest BCUT2D eigenvalue weighted by molar-refractivity contribution is -0.643. The van der Waals surface area contributed by atoms with Gasteiger partial charge >= 0.3 is 0 Å². The van der Waals surface area contributed by atoms with E-state index in [1.807, 2.05) is 0 Å². The molecule has 0 aliphatic rings. The molecule has 0 spiro atoms. The lowest BCUT2D eigenvalue weighted by atomic mass is 9.98. The van der Waals surface area contributed by atoms with Gasteiger partial charge in [0.05, 0.1) is 12.5 Å². The molecule has 4 aromatic rings. The third kappa shape index (κ3) is 2.94. The topological polar surface area (TPSA) is 13.1 Å². The average molecular weight is 350 g/mol. The van der Waals surface area contributed by atoms with Crippen LogP contribution in [0.5, 0.6) is 5.75 Å². The summed E-state index contributed by atoms with van der Waals surface area (Å²) in [6, 6.07) is 21.5. The Labute approximate surface area is 154 Å². The number of hydrogen-bond donors (Lipinski definition) is 0. The Morgan fingerprint density at radius 2 is 1.56 bits per heavy atom. The Bertz CT molecular complexity index is 1050. The maximum absolute atomic E-state index is 5.72. The number of rotatable bonds is 2. The fourth-order valence-corrected chi connectivity index (χ4v) is 3.37. The van der Waals surface area contributed by atoms with Gasteiger partial charge < -0.3 is 17.1 Å². The highest BCUT2D eigenvalue weighted by molar-refractivity contribution is 6.07. The number of hydrogen-bond acceptors (Lipinski definition) is 1. The molecule has 0 saturated carbocycles. The van der Waals surface area contributed by atoms with E-state index in [4.69, 9.17) is 4.74 Å². The highest BCUT2D eigenvalue weighted by atomic mass is 35.5. The molecule has 0 aliphatic carbocycles. The van der Waals surface area contributed by atoms with Crippen LogP contribution >= 0.6 is 0 Å². The van der Waals surface area contributed by atoms with Crippen molar-refractivity contribution in [2.45, 2.75) is 6.92 Å². The number of aryl methyl sites for hydroxylation is 2. The monoisotopic (exact) mass is 349 g/mol. The van der Waals surface area contributed by atoms with Crippen molar-refractivity contribution in [3.05, 3.63) is 72.4 Å². The number of ether oxygens (including phenoxy) is 1. The van der Waals surface area contributed by atoms with E-state index in [9.17, 15) is 0 Å². The van der Waals surface area contributed by atoms with Gasteiger partial charge in [0.25, 0.3) is 5.52 Å². The summed E-state index contributed by atoms with van der Waals surface area (Å²) in [6.07, 6.45) is 2.16. The van der Waals surface area contributed by atoms with E-state index in [-0.39, 0.29) is 12.4 Å². The molecule has 3 aromatic carbocycles. The lowest BCUT2D eigenvalue weighted by Crippen LogP contribution is -3.00. The predicted octanol–water partition coefficient (Wildman–Crippen LogP) is 1.81. The molecule has 2 nitrogen and oxygen atoms in total. The number of nitrogens with zero attached hydrogens (tertiary/aromatic N) is 1. The van der Waals surface area contributed by atoms with Crippen molar-refractivity contribution in [1.82, 2.24) is 0 Å². The van der Waals surface area contributed by atoms with Crippen LogP contribution in [0.15, 0.2) is 66.9 Å². The zero-order valence-electron chi connectivity index (χ0n) is 14.6. The zero-order chi connectivity index (χ0) is 16.7. The predicted molar refractivity (Wildman–Crippen MR) is 99.4 cm³/mol. The minimum Gasteiger partial charge on any atom is -1.00 e. The number of methoxy groups -OCH3 is 1. The van der Waals surface area contributed by atoms with Crippen LogP contribution in [0.3, 0.4) is 0 Å². The Morgan fingerprint density at radius 3 is 2.28 bits per heavy atom. The van der Waals surface area contributed by atoms with Crippen molar-refractivity contribution < 1.29 is 21.7 Å². The van der Waals surface area contributed by atoms with Gasteiger partial charge in [-0.3, -0.25) is 0 Å². The summed E-state index contributed by atoms with van der Waals surface area (Å²) in [5, 5.41) is 3.69. The minimum atomic E-state index is 0. The second-order valence-corrected chi connectivity index (χ2v) is 6.27. The zero-order valence-corrected chi connectivity index (χ0v) is 15.3. The van der Waals surface area contributed by atoms with Crippen molar-refractivity contribution in [3.63, 3.8) is 0 Å². The summed E-state index contributed by atoms with van der Waals surface area (Å²) in [5.74, 6) is 0.899. The summed E-state index contributed by atoms with van der Waals surface area (Å²) in [6.45, 7) is 2.11. The maximum atomic E-state index is 5.72. The van der Waals surface area contributed by atoms with E-state index in [1.54, 1.807) is 7.11 Å². The van der Waals surface area contributed by atoms with Gasteiger partial charge in [-0.15, -0.1) is 0 Å². The number of pyridine rings is 1. The van der Waals surface area contributed by atoms with Crippen LogP contribution < -0.4 is 21.7 Å². The molecule has 1 aromatic heterocycles. The van der Waals surface area contributed by atoms with Gasteiger partial charge in [-0.1, -0.05) is 48.0 Å². The van der Waals surface area contributed by atoms with Crippen LogP contribution in [0.4, 0.5) is 0 Å². The molecule has 1 heterocycles. The first-order valence-corrected chi connectivity index (χ1v) is 8.13. The Kier molecular flexibility index (Phi) is 4.65. The molecule has 0 radical (unpaired) electrons. The van der Waals surface area contributed by atoms with Gasteiger partial charge in [0.1, 0.15) is 7.05 Å². The summed E-state index contributed by atoms with van der Waals surface area (Å²) >= 11 is 0. The summed E-state index contributed by atoms with van der Waals surface area (Å²) in [5.41, 5.74) is 4.77. The first-order valence-electron chi connectivity index (χ1n) is 8.13. The Balaban J connectivity index is 0.00000182. The Morgan fingerprint density at radius 1 is 0.840 bits per heavy atom. The van der Waals surface area contributed by atoms with Crippen molar-refractivity contribution >= 4 is 21.7 Å². The third-order valence-corrected chi connectivity index (χ3v) is 4.62. The number of fused-ring (bicyclic) bond motifs is 3. The van der Waals surface area contributed by atoms with Gasteiger partial charge in [-0.2, -0.15) is 4.57 Å². The second-order valence-electron chi connectivity index (χ2n) is 6.27. The smallest absolute Gasteiger partial charge is 0.255 e. The minimum absolute atomic E-state index is 0. The first kappa shape index (κ1) is 17.2. The van der Waals surface area contributed by atoms with E-state index in [0.29, 0.717) is 0 Å². The molecule has 126 valence electrons. The number of halogens is 1. The van der Waals surface area contributed by atoms with Crippen molar-refractivity contribution in [1.29, 1.82) is 0 Å². The average Bonchev–Trinajstić information content (AvgIpc) is 2.61. The number of aromatic nitrogens is 1. The highest BCUT2D eigenvalue weighted by Crippen LogP contribution is 2.34. The van der Waals surface area contributed by atoms with E-state index in [1.165, 1.54) is 32.8 Å². The largest absolute Gasteiger partial charge is 1.00 e. The van der Waals surface area contributed by atoms with Gasteiger partial charge in [-0.25, -0.2) is 0 Å². The molecule has 4 rings (SSSR count). The normalized spacial score (nSPS) is 10.7. The van der Waals surface area contributed by atoms with Gasteiger partial charge in [0.15, 0.2) is 11.9 Å². The second kappa shape index (κ2) is 6.73. The van der Waals surface area contributed by atoms with Crippen LogP contribution in [-0.4, -0.2) is 7.11 Å². The Hall–Kier alpha value is -2.58. The van der Waals surface area contributed by atoms with Gasteiger partial charge in [-0.05, 0) is 36.2 Å². The third-order valence-electron chi connectivity index (χ3n) is 4.62. The van der Waals surface area contributed by atoms with Crippen LogP contribution in [0.25, 0.3) is 32.8 Å². The summed E-state index contributed by atoms with van der Waals surface area (Å²) in [4.78, 5) is 0. The SMILES string of the molecule is COc1cc(-c2ccc(C)cc2)cc2c3ccccc3c[n+](C)c12.[Cl-]. The molecule has 0 unspecified atom stereocenters. The fourth-order valence-electron chi connectivity index (χ4n) is 3.37. The molecule has 0 atom stereocenters. The highest BCUT2D eigenvalue weighted by Gasteiger charge is 2.17. The van der Waals surface area contributed by atoms with Crippen LogP contribution in [0.1, 0.15) is 5.56 Å². The quantitative estimate of drug-likeness (QED) is 0.397. The van der Waals surface area contributed by atoms with E-state index in [2.05, 4.69) is 85.4 Å². The van der Waals surface area contributed by atoms with Crippen molar-refractivity contribution in [2.24, 2.45) is 7.05 Å². The molecule has 0 bridgehead atoms. The number of benzene rings is 3. The molecule has 3 heteroatoms. The van der Waals surface area contributed by atoms with Crippen molar-refractivity contribution in [3.8, 4) is 16.9 Å².